The minimum absolute atomic E-state index is 0.0573. The van der Waals surface area contributed by atoms with E-state index in [2.05, 4.69) is 10.6 Å². The number of halogens is 3. The minimum Gasteiger partial charge on any atom is -0.493 e. The first-order valence-electron chi connectivity index (χ1n) is 13.4. The van der Waals surface area contributed by atoms with E-state index in [1.54, 1.807) is 39.0 Å². The summed E-state index contributed by atoms with van der Waals surface area (Å²) in [4.78, 5) is 26.6. The lowest BCUT2D eigenvalue weighted by Gasteiger charge is -2.25. The van der Waals surface area contributed by atoms with Crippen molar-refractivity contribution in [3.05, 3.63) is 89.5 Å². The van der Waals surface area contributed by atoms with Gasteiger partial charge in [-0.2, -0.15) is 13.2 Å². The maximum absolute atomic E-state index is 13.5. The van der Waals surface area contributed by atoms with Crippen LogP contribution in [0.3, 0.4) is 0 Å². The Hall–Kier alpha value is -4.41. The monoisotopic (exact) mass is 587 g/mol. The summed E-state index contributed by atoms with van der Waals surface area (Å²) in [6.07, 6.45) is -4.92. The van der Waals surface area contributed by atoms with E-state index in [0.29, 0.717) is 30.1 Å². The molecule has 0 aliphatic rings. The summed E-state index contributed by atoms with van der Waals surface area (Å²) in [5.74, 6) is 0.944. The fraction of sp³-hybridized carbons (Fsp3) is 0.355. The molecule has 226 valence electrons. The van der Waals surface area contributed by atoms with E-state index in [1.165, 1.54) is 30.2 Å². The van der Waals surface area contributed by atoms with Gasteiger partial charge in [-0.3, -0.25) is 0 Å². The number of rotatable bonds is 11. The van der Waals surface area contributed by atoms with E-state index in [9.17, 15) is 22.8 Å². The first-order valence-corrected chi connectivity index (χ1v) is 13.4. The maximum Gasteiger partial charge on any atom is 0.418 e. The van der Waals surface area contributed by atoms with Crippen molar-refractivity contribution in [3.8, 4) is 11.5 Å². The number of ether oxygens (including phenoxy) is 3. The van der Waals surface area contributed by atoms with Gasteiger partial charge in [0, 0.05) is 19.6 Å². The van der Waals surface area contributed by atoms with Gasteiger partial charge in [0.05, 0.1) is 18.4 Å². The van der Waals surface area contributed by atoms with E-state index in [-0.39, 0.29) is 25.3 Å². The molecule has 0 fully saturated rings. The third kappa shape index (κ3) is 10.2. The molecular weight excluding hydrogens is 551 g/mol. The Kier molecular flexibility index (Phi) is 11.1. The summed E-state index contributed by atoms with van der Waals surface area (Å²) < 4.78 is 57.2. The lowest BCUT2D eigenvalue weighted by molar-refractivity contribution is -0.136. The molecule has 3 rings (SSSR count). The van der Waals surface area contributed by atoms with Crippen molar-refractivity contribution in [2.75, 3.05) is 25.5 Å². The van der Waals surface area contributed by atoms with Crippen molar-refractivity contribution in [2.24, 2.45) is 0 Å². The van der Waals surface area contributed by atoms with Crippen LogP contribution in [0.25, 0.3) is 0 Å². The largest absolute Gasteiger partial charge is 0.493 e. The summed E-state index contributed by atoms with van der Waals surface area (Å²) in [5, 5.41) is 5.02. The van der Waals surface area contributed by atoms with Crippen LogP contribution < -0.4 is 20.1 Å². The Morgan fingerprint density at radius 3 is 2.24 bits per heavy atom. The van der Waals surface area contributed by atoms with Crippen LogP contribution in [-0.4, -0.2) is 42.8 Å². The molecule has 42 heavy (non-hydrogen) atoms. The zero-order chi connectivity index (χ0) is 30.8. The molecular formula is C31H36F3N3O5. The van der Waals surface area contributed by atoms with Crippen LogP contribution in [-0.2, 0) is 24.1 Å². The molecule has 8 nitrogen and oxygen atoms in total. The standard InChI is InChI=1S/C31H36F3N3O5/c1-30(2,3)42-29(39)35-17-10-18-37(28(38)36-25-14-9-8-13-24(25)31(32,33)34)20-23-15-16-26(27(19-23)40-4)41-21-22-11-6-5-7-12-22/h5-9,11-16,19H,10,17-18,20-21H2,1-4H3,(H,35,39)(H,36,38). The summed E-state index contributed by atoms with van der Waals surface area (Å²) in [5.41, 5.74) is -0.331. The number of urea groups is 1. The molecule has 2 N–H and O–H groups in total. The SMILES string of the molecule is COc1cc(CN(CCCNC(=O)OC(C)(C)C)C(=O)Nc2ccccc2C(F)(F)F)ccc1OCc1ccccc1. The number of nitrogens with zero attached hydrogens (tertiary/aromatic N) is 1. The number of hydrogen-bond donors (Lipinski definition) is 2. The number of alkyl halides is 3. The van der Waals surface area contributed by atoms with Crippen molar-refractivity contribution in [1.29, 1.82) is 0 Å². The number of methoxy groups -OCH3 is 1. The van der Waals surface area contributed by atoms with Crippen LogP contribution in [0.2, 0.25) is 0 Å². The molecule has 0 atom stereocenters. The second-order valence-corrected chi connectivity index (χ2v) is 10.4. The number of carbonyl (C=O) groups excluding carboxylic acids is 2. The van der Waals surface area contributed by atoms with Crippen molar-refractivity contribution in [3.63, 3.8) is 0 Å². The maximum atomic E-state index is 13.5. The zero-order valence-corrected chi connectivity index (χ0v) is 24.1. The Morgan fingerprint density at radius 1 is 0.881 bits per heavy atom. The number of amides is 3. The van der Waals surface area contributed by atoms with Gasteiger partial charge in [-0.15, -0.1) is 0 Å². The highest BCUT2D eigenvalue weighted by Gasteiger charge is 2.34. The van der Waals surface area contributed by atoms with Gasteiger partial charge >= 0.3 is 18.3 Å². The molecule has 0 bridgehead atoms. The topological polar surface area (TPSA) is 89.1 Å². The van der Waals surface area contributed by atoms with E-state index in [1.807, 2.05) is 30.3 Å². The highest BCUT2D eigenvalue weighted by molar-refractivity contribution is 5.90. The predicted molar refractivity (Wildman–Crippen MR) is 153 cm³/mol. The third-order valence-electron chi connectivity index (χ3n) is 5.87. The zero-order valence-electron chi connectivity index (χ0n) is 24.1. The molecule has 0 saturated carbocycles. The number of hydrogen-bond acceptors (Lipinski definition) is 5. The average molecular weight is 588 g/mol. The van der Waals surface area contributed by atoms with E-state index in [4.69, 9.17) is 14.2 Å². The predicted octanol–water partition coefficient (Wildman–Crippen LogP) is 7.24. The molecule has 3 aromatic carbocycles. The summed E-state index contributed by atoms with van der Waals surface area (Å²) in [6, 6.07) is 18.8. The average Bonchev–Trinajstić information content (AvgIpc) is 2.93. The molecule has 0 spiro atoms. The lowest BCUT2D eigenvalue weighted by atomic mass is 10.1. The van der Waals surface area contributed by atoms with Crippen LogP contribution >= 0.6 is 0 Å². The summed E-state index contributed by atoms with van der Waals surface area (Å²) in [7, 11) is 1.50. The molecule has 0 unspecified atom stereocenters. The third-order valence-corrected chi connectivity index (χ3v) is 5.87. The Morgan fingerprint density at radius 2 is 1.57 bits per heavy atom. The van der Waals surface area contributed by atoms with Gasteiger partial charge in [0.25, 0.3) is 0 Å². The molecule has 0 aliphatic carbocycles. The van der Waals surface area contributed by atoms with E-state index < -0.39 is 29.5 Å². The number of para-hydroxylation sites is 1. The van der Waals surface area contributed by atoms with E-state index in [0.717, 1.165) is 11.6 Å². The van der Waals surface area contributed by atoms with Gasteiger partial charge in [0.15, 0.2) is 11.5 Å². The number of benzene rings is 3. The Bertz CT molecular complexity index is 1330. The number of alkyl carbamates (subject to hydrolysis) is 1. The Labute approximate surface area is 243 Å². The van der Waals surface area contributed by atoms with Gasteiger partial charge in [-0.05, 0) is 62.6 Å². The molecule has 0 heterocycles. The normalized spacial score (nSPS) is 11.4. The fourth-order valence-electron chi connectivity index (χ4n) is 3.95. The quantitative estimate of drug-likeness (QED) is 0.231. The van der Waals surface area contributed by atoms with Crippen LogP contribution in [0.1, 0.15) is 43.9 Å². The molecule has 11 heteroatoms. The highest BCUT2D eigenvalue weighted by atomic mass is 19.4. The van der Waals surface area contributed by atoms with Crippen LogP contribution in [0.15, 0.2) is 72.8 Å². The molecule has 0 saturated heterocycles. The molecule has 3 amide bonds. The number of nitrogens with one attached hydrogen (secondary N) is 2. The Balaban J connectivity index is 1.74. The molecule has 0 aliphatic heterocycles. The number of anilines is 1. The van der Waals surface area contributed by atoms with Gasteiger partial charge < -0.3 is 29.7 Å². The van der Waals surface area contributed by atoms with Crippen molar-refractivity contribution < 1.29 is 37.0 Å². The second kappa shape index (κ2) is 14.5. The summed E-state index contributed by atoms with van der Waals surface area (Å²) in [6.45, 7) is 5.92. The second-order valence-electron chi connectivity index (χ2n) is 10.4. The van der Waals surface area contributed by atoms with Gasteiger partial charge in [-0.25, -0.2) is 9.59 Å². The van der Waals surface area contributed by atoms with E-state index >= 15 is 0 Å². The van der Waals surface area contributed by atoms with Crippen LogP contribution in [0.4, 0.5) is 28.4 Å². The van der Waals surface area contributed by atoms with Crippen molar-refractivity contribution in [2.45, 2.75) is 52.1 Å². The van der Waals surface area contributed by atoms with Gasteiger partial charge in [0.2, 0.25) is 0 Å². The van der Waals surface area contributed by atoms with Crippen LogP contribution in [0.5, 0.6) is 11.5 Å². The molecule has 0 radical (unpaired) electrons. The molecule has 0 aromatic heterocycles. The van der Waals surface area contributed by atoms with Gasteiger partial charge in [0.1, 0.15) is 12.2 Å². The smallest absolute Gasteiger partial charge is 0.418 e. The highest BCUT2D eigenvalue weighted by Crippen LogP contribution is 2.35. The lowest BCUT2D eigenvalue weighted by Crippen LogP contribution is -2.38. The van der Waals surface area contributed by atoms with Crippen molar-refractivity contribution in [1.82, 2.24) is 10.2 Å². The minimum atomic E-state index is -4.64. The first kappa shape index (κ1) is 32.1. The first-order chi connectivity index (χ1) is 19.9. The van der Waals surface area contributed by atoms with Crippen molar-refractivity contribution >= 4 is 17.8 Å². The summed E-state index contributed by atoms with van der Waals surface area (Å²) >= 11 is 0. The van der Waals surface area contributed by atoms with Gasteiger partial charge in [-0.1, -0.05) is 48.5 Å². The number of carbonyl (C=O) groups is 2. The fourth-order valence-corrected chi connectivity index (χ4v) is 3.95. The molecule has 3 aromatic rings. The van der Waals surface area contributed by atoms with Crippen LogP contribution in [0, 0.1) is 0 Å².